The molecule has 0 atom stereocenters. The summed E-state index contributed by atoms with van der Waals surface area (Å²) in [7, 11) is 0. The highest BCUT2D eigenvalue weighted by Gasteiger charge is 2.35. The highest BCUT2D eigenvalue weighted by Crippen LogP contribution is 2.39. The van der Waals surface area contributed by atoms with E-state index in [0.717, 1.165) is 12.5 Å². The molecule has 0 aliphatic heterocycles. The van der Waals surface area contributed by atoms with E-state index in [-0.39, 0.29) is 17.1 Å². The van der Waals surface area contributed by atoms with Gasteiger partial charge in [0, 0.05) is 11.1 Å². The van der Waals surface area contributed by atoms with Gasteiger partial charge >= 0.3 is 6.18 Å². The van der Waals surface area contributed by atoms with E-state index in [2.05, 4.69) is 5.16 Å². The van der Waals surface area contributed by atoms with Crippen LogP contribution >= 0.6 is 0 Å². The molecule has 1 aromatic carbocycles. The number of nitrogens with two attached hydrogens (primary N) is 1. The minimum Gasteiger partial charge on any atom is -0.381 e. The lowest BCUT2D eigenvalue weighted by Gasteiger charge is -2.11. The van der Waals surface area contributed by atoms with Crippen molar-refractivity contribution in [1.29, 1.82) is 0 Å². The minimum atomic E-state index is -4.44. The van der Waals surface area contributed by atoms with Crippen LogP contribution in [0.3, 0.4) is 0 Å². The normalized spacial score (nSPS) is 11.8. The van der Waals surface area contributed by atoms with Crippen LogP contribution in [0.1, 0.15) is 24.5 Å². The van der Waals surface area contributed by atoms with E-state index in [1.165, 1.54) is 18.2 Å². The molecule has 102 valence electrons. The van der Waals surface area contributed by atoms with E-state index in [4.69, 9.17) is 10.3 Å². The van der Waals surface area contributed by atoms with Crippen molar-refractivity contribution in [3.05, 3.63) is 35.4 Å². The van der Waals surface area contributed by atoms with Gasteiger partial charge in [-0.05, 0) is 12.5 Å². The third-order valence-corrected chi connectivity index (χ3v) is 2.80. The molecule has 0 fully saturated rings. The Hall–Kier alpha value is -1.98. The maximum atomic E-state index is 13.0. The average Bonchev–Trinajstić information content (AvgIpc) is 2.71. The van der Waals surface area contributed by atoms with Crippen molar-refractivity contribution in [1.82, 2.24) is 5.16 Å². The van der Waals surface area contributed by atoms with Crippen LogP contribution in [-0.4, -0.2) is 5.16 Å². The summed E-state index contributed by atoms with van der Waals surface area (Å²) in [6.45, 7) is 1.91. The molecule has 0 amide bonds. The molecule has 3 nitrogen and oxygen atoms in total. The zero-order valence-electron chi connectivity index (χ0n) is 10.3. The zero-order chi connectivity index (χ0) is 14.0. The quantitative estimate of drug-likeness (QED) is 0.920. The first-order valence-corrected chi connectivity index (χ1v) is 5.85. The molecule has 0 spiro atoms. The van der Waals surface area contributed by atoms with E-state index in [1.807, 2.05) is 6.92 Å². The van der Waals surface area contributed by atoms with Crippen molar-refractivity contribution in [2.45, 2.75) is 25.9 Å². The lowest BCUT2D eigenvalue weighted by atomic mass is 10.00. The van der Waals surface area contributed by atoms with Gasteiger partial charge in [0.1, 0.15) is 0 Å². The van der Waals surface area contributed by atoms with Crippen molar-refractivity contribution in [3.8, 4) is 11.3 Å². The minimum absolute atomic E-state index is 0.0253. The van der Waals surface area contributed by atoms with E-state index in [0.29, 0.717) is 12.0 Å². The van der Waals surface area contributed by atoms with Crippen molar-refractivity contribution in [2.24, 2.45) is 0 Å². The molecule has 0 radical (unpaired) electrons. The van der Waals surface area contributed by atoms with Gasteiger partial charge in [-0.1, -0.05) is 36.7 Å². The molecule has 0 aliphatic rings. The second-order valence-electron chi connectivity index (χ2n) is 4.17. The maximum absolute atomic E-state index is 13.0. The number of anilines is 1. The lowest BCUT2D eigenvalue weighted by Crippen LogP contribution is -2.07. The van der Waals surface area contributed by atoms with Gasteiger partial charge < -0.3 is 10.3 Å². The molecule has 0 aliphatic carbocycles. The summed E-state index contributed by atoms with van der Waals surface area (Å²) in [5, 5.41) is 3.57. The fourth-order valence-corrected chi connectivity index (χ4v) is 1.95. The molecule has 2 N–H and O–H groups in total. The van der Waals surface area contributed by atoms with Crippen LogP contribution < -0.4 is 5.73 Å². The van der Waals surface area contributed by atoms with Gasteiger partial charge in [-0.3, -0.25) is 0 Å². The number of nitrogen functional groups attached to an aromatic ring is 1. The van der Waals surface area contributed by atoms with E-state index in [1.54, 1.807) is 0 Å². The van der Waals surface area contributed by atoms with Crippen molar-refractivity contribution in [3.63, 3.8) is 0 Å². The van der Waals surface area contributed by atoms with Gasteiger partial charge in [0.2, 0.25) is 0 Å². The first kappa shape index (κ1) is 13.5. The number of rotatable bonds is 3. The monoisotopic (exact) mass is 270 g/mol. The first-order valence-electron chi connectivity index (χ1n) is 5.85. The van der Waals surface area contributed by atoms with Gasteiger partial charge in [-0.25, -0.2) is 0 Å². The molecular formula is C13H13F3N2O. The first-order chi connectivity index (χ1) is 8.95. The Balaban J connectivity index is 2.60. The van der Waals surface area contributed by atoms with Crippen LogP contribution in [0.4, 0.5) is 19.0 Å². The van der Waals surface area contributed by atoms with Crippen molar-refractivity contribution in [2.75, 3.05) is 5.73 Å². The lowest BCUT2D eigenvalue weighted by molar-refractivity contribution is -0.137. The van der Waals surface area contributed by atoms with Gasteiger partial charge in [-0.2, -0.15) is 13.2 Å². The van der Waals surface area contributed by atoms with E-state index >= 15 is 0 Å². The molecule has 6 heteroatoms. The summed E-state index contributed by atoms with van der Waals surface area (Å²) in [4.78, 5) is 0. The molecule has 0 bridgehead atoms. The van der Waals surface area contributed by atoms with Crippen molar-refractivity contribution < 1.29 is 17.7 Å². The molecule has 0 saturated heterocycles. The summed E-state index contributed by atoms with van der Waals surface area (Å²) in [5.74, 6) is 0.251. The van der Waals surface area contributed by atoms with Crippen LogP contribution in [0, 0.1) is 0 Å². The second-order valence-corrected chi connectivity index (χ2v) is 4.17. The predicted octanol–water partition coefficient (Wildman–Crippen LogP) is 3.90. The Morgan fingerprint density at radius 2 is 1.95 bits per heavy atom. The molecule has 0 saturated carbocycles. The van der Waals surface area contributed by atoms with Crippen LogP contribution in [0.25, 0.3) is 11.3 Å². The molecule has 2 rings (SSSR count). The van der Waals surface area contributed by atoms with Crippen LogP contribution in [-0.2, 0) is 12.6 Å². The number of nitrogens with zero attached hydrogens (tertiary/aromatic N) is 1. The van der Waals surface area contributed by atoms with Gasteiger partial charge in [-0.15, -0.1) is 0 Å². The fourth-order valence-electron chi connectivity index (χ4n) is 1.95. The van der Waals surface area contributed by atoms with E-state index < -0.39 is 11.7 Å². The standard InChI is InChI=1S/C13H13F3N2O/c1-2-5-9-11(19-18-12(9)17)8-6-3-4-7-10(8)13(14,15)16/h3-4,6-7H,2,5H2,1H3,(H2,17,18). The topological polar surface area (TPSA) is 52.0 Å². The summed E-state index contributed by atoms with van der Waals surface area (Å²) in [6.07, 6.45) is -3.18. The smallest absolute Gasteiger partial charge is 0.381 e. The summed E-state index contributed by atoms with van der Waals surface area (Å²) < 4.78 is 43.9. The molecule has 2 aromatic rings. The second kappa shape index (κ2) is 4.95. The average molecular weight is 270 g/mol. The Morgan fingerprint density at radius 3 is 2.58 bits per heavy atom. The molecule has 1 heterocycles. The Labute approximate surface area is 108 Å². The van der Waals surface area contributed by atoms with Crippen LogP contribution in [0.2, 0.25) is 0 Å². The van der Waals surface area contributed by atoms with Gasteiger partial charge in [0.15, 0.2) is 11.6 Å². The highest BCUT2D eigenvalue weighted by atomic mass is 19.4. The van der Waals surface area contributed by atoms with E-state index in [9.17, 15) is 13.2 Å². The molecular weight excluding hydrogens is 257 g/mol. The summed E-state index contributed by atoms with van der Waals surface area (Å²) in [5.41, 5.74) is 5.39. The predicted molar refractivity (Wildman–Crippen MR) is 65.3 cm³/mol. The molecule has 19 heavy (non-hydrogen) atoms. The summed E-state index contributed by atoms with van der Waals surface area (Å²) in [6, 6.07) is 5.25. The Morgan fingerprint density at radius 1 is 1.26 bits per heavy atom. The number of hydrogen-bond acceptors (Lipinski definition) is 3. The Bertz CT molecular complexity index is 576. The number of benzene rings is 1. The number of hydrogen-bond donors (Lipinski definition) is 1. The number of halogens is 3. The summed E-state index contributed by atoms with van der Waals surface area (Å²) >= 11 is 0. The van der Waals surface area contributed by atoms with Crippen molar-refractivity contribution >= 4 is 5.82 Å². The Kier molecular flexibility index (Phi) is 3.50. The maximum Gasteiger partial charge on any atom is 0.417 e. The van der Waals surface area contributed by atoms with Gasteiger partial charge in [0.25, 0.3) is 0 Å². The third kappa shape index (κ3) is 2.57. The number of aromatic nitrogens is 1. The third-order valence-electron chi connectivity index (χ3n) is 2.80. The molecule has 0 unspecified atom stereocenters. The van der Waals surface area contributed by atoms with Crippen LogP contribution in [0.15, 0.2) is 28.8 Å². The largest absolute Gasteiger partial charge is 0.417 e. The highest BCUT2D eigenvalue weighted by molar-refractivity contribution is 5.69. The number of alkyl halides is 3. The van der Waals surface area contributed by atoms with Gasteiger partial charge in [0.05, 0.1) is 5.56 Å². The van der Waals surface area contributed by atoms with Crippen LogP contribution in [0.5, 0.6) is 0 Å². The zero-order valence-corrected chi connectivity index (χ0v) is 10.3. The SMILES string of the molecule is CCCc1c(N)noc1-c1ccccc1C(F)(F)F. The molecule has 1 aromatic heterocycles. The fraction of sp³-hybridized carbons (Fsp3) is 0.308.